The fourth-order valence-corrected chi connectivity index (χ4v) is 3.68. The van der Waals surface area contributed by atoms with Crippen LogP contribution in [0.2, 0.25) is 0 Å². The summed E-state index contributed by atoms with van der Waals surface area (Å²) in [6, 6.07) is -0.328. The van der Waals surface area contributed by atoms with E-state index in [0.29, 0.717) is 6.54 Å². The van der Waals surface area contributed by atoms with Gasteiger partial charge in [-0.25, -0.2) is 0 Å². The highest BCUT2D eigenvalue weighted by Gasteiger charge is 2.47. The maximum atomic E-state index is 11.6. The molecule has 7 nitrogen and oxygen atoms in total. The highest BCUT2D eigenvalue weighted by molar-refractivity contribution is 7.10. The number of rotatable bonds is 8. The maximum Gasteiger partial charge on any atom is 0.217 e. The number of nitrogens with one attached hydrogen (secondary N) is 1. The van der Waals surface area contributed by atoms with Crippen LogP contribution in [0, 0.1) is 5.92 Å². The normalized spacial score (nSPS) is 29.8. The lowest BCUT2D eigenvalue weighted by Gasteiger charge is -2.48. The van der Waals surface area contributed by atoms with Crippen molar-refractivity contribution in [2.45, 2.75) is 63.6 Å². The van der Waals surface area contributed by atoms with Crippen LogP contribution in [0.15, 0.2) is 0 Å². The molecule has 9 heteroatoms. The Hall–Kier alpha value is 0.130. The fraction of sp³-hybridized carbons (Fsp3) is 0.929. The molecule has 0 bridgehead atoms. The Balaban J connectivity index is 3.05. The number of aliphatic hydroxyl groups excluding tert-OH is 1. The van der Waals surface area contributed by atoms with Crippen molar-refractivity contribution in [3.63, 3.8) is 0 Å². The Bertz CT molecular complexity index is 386. The Kier molecular flexibility index (Phi) is 8.81. The summed E-state index contributed by atoms with van der Waals surface area (Å²) in [4.78, 5) is 11.6. The van der Waals surface area contributed by atoms with Gasteiger partial charge in [-0.05, 0) is 39.2 Å². The summed E-state index contributed by atoms with van der Waals surface area (Å²) in [5.74, 6) is -0.0439. The second kappa shape index (κ2) is 9.57. The van der Waals surface area contributed by atoms with Crippen molar-refractivity contribution < 1.29 is 23.7 Å². The lowest BCUT2D eigenvalue weighted by molar-refractivity contribution is -0.195. The van der Waals surface area contributed by atoms with Crippen LogP contribution in [0.5, 0.6) is 0 Å². The summed E-state index contributed by atoms with van der Waals surface area (Å²) in [5.41, 5.74) is 5.31. The van der Waals surface area contributed by atoms with Gasteiger partial charge in [-0.3, -0.25) is 4.79 Å². The number of carbonyl (C=O) groups excluding carboxylic acids is 1. The molecule has 0 spiro atoms. The molecule has 7 atom stereocenters. The van der Waals surface area contributed by atoms with Crippen molar-refractivity contribution in [3.05, 3.63) is 0 Å². The van der Waals surface area contributed by atoms with Gasteiger partial charge in [-0.1, -0.05) is 0 Å². The van der Waals surface area contributed by atoms with Crippen molar-refractivity contribution in [2.24, 2.45) is 11.7 Å². The molecule has 2 unspecified atom stereocenters. The van der Waals surface area contributed by atoms with Gasteiger partial charge < -0.3 is 29.9 Å². The molecule has 4 N–H and O–H groups in total. The second-order valence-corrected chi connectivity index (χ2v) is 7.21. The molecule has 0 aliphatic carbocycles. The topological polar surface area (TPSA) is 103 Å². The quantitative estimate of drug-likeness (QED) is 0.535. The first kappa shape index (κ1) is 21.2. The molecule has 23 heavy (non-hydrogen) atoms. The molecule has 1 heterocycles. The third-order valence-electron chi connectivity index (χ3n) is 4.13. The molecule has 1 aliphatic heterocycles. The first-order valence-electron chi connectivity index (χ1n) is 7.76. The molecule has 0 saturated carbocycles. The van der Waals surface area contributed by atoms with Crippen molar-refractivity contribution in [2.75, 3.05) is 13.2 Å². The van der Waals surface area contributed by atoms with E-state index in [1.807, 2.05) is 13.8 Å². The van der Waals surface area contributed by atoms with Crippen LogP contribution in [0.25, 0.3) is 0 Å². The molecular weight excluding hydrogens is 338 g/mol. The summed E-state index contributed by atoms with van der Waals surface area (Å²) in [6.45, 7) is 6.10. The number of nitrogens with two attached hydrogens (primary N) is 1. The minimum absolute atomic E-state index is 0.120. The average molecular weight is 368 g/mol. The zero-order valence-corrected chi connectivity index (χ0v) is 16.3. The van der Waals surface area contributed by atoms with E-state index in [0.717, 1.165) is 12.8 Å². The molecule has 0 radical (unpaired) electrons. The number of amides is 1. The lowest BCUT2D eigenvalue weighted by atomic mass is 9.77. The van der Waals surface area contributed by atoms with E-state index >= 15 is 0 Å². The number of hydrogen-bond donors (Lipinski definition) is 3. The molecule has 1 aliphatic rings. The largest absolute Gasteiger partial charge is 0.388 e. The standard InChI is InChI=1S/C14H30N2O5P2/c1-8(17)16-11-9(4-5-15)6-14(2,3)20-13(11)12(18)10(21-23)7-19-22/h9-13,18H,4-7,15,22-23H2,1-3H3,(H,16,17)/t9-,10+,11+,12+,13+/m0/s1. The highest BCUT2D eigenvalue weighted by Crippen LogP contribution is 2.36. The smallest absolute Gasteiger partial charge is 0.217 e. The minimum Gasteiger partial charge on any atom is -0.388 e. The predicted octanol–water partition coefficient (Wildman–Crippen LogP) is 0.367. The van der Waals surface area contributed by atoms with Crippen LogP contribution in [0.1, 0.15) is 33.6 Å². The zero-order valence-electron chi connectivity index (χ0n) is 14.0. The molecule has 0 aromatic rings. The van der Waals surface area contributed by atoms with Gasteiger partial charge in [-0.15, -0.1) is 0 Å². The molecule has 1 saturated heterocycles. The molecule has 0 aromatic heterocycles. The van der Waals surface area contributed by atoms with E-state index in [-0.39, 0.29) is 24.5 Å². The van der Waals surface area contributed by atoms with E-state index in [9.17, 15) is 9.90 Å². The van der Waals surface area contributed by atoms with Crippen molar-refractivity contribution >= 4 is 24.8 Å². The number of carbonyl (C=O) groups is 1. The van der Waals surface area contributed by atoms with Crippen LogP contribution in [-0.4, -0.2) is 54.1 Å². The second-order valence-electron chi connectivity index (χ2n) is 6.61. The third-order valence-corrected chi connectivity index (χ3v) is 4.67. The third kappa shape index (κ3) is 6.17. The van der Waals surface area contributed by atoms with Gasteiger partial charge >= 0.3 is 0 Å². The minimum atomic E-state index is -0.954. The summed E-state index contributed by atoms with van der Waals surface area (Å²) in [6.07, 6.45) is -0.654. The van der Waals surface area contributed by atoms with Crippen molar-refractivity contribution in [1.82, 2.24) is 5.32 Å². The monoisotopic (exact) mass is 368 g/mol. The number of aliphatic hydroxyl groups is 1. The molecule has 1 amide bonds. The Morgan fingerprint density at radius 2 is 2.17 bits per heavy atom. The van der Waals surface area contributed by atoms with Crippen LogP contribution in [0.3, 0.4) is 0 Å². The van der Waals surface area contributed by atoms with Crippen molar-refractivity contribution in [1.29, 1.82) is 0 Å². The zero-order chi connectivity index (χ0) is 17.6. The van der Waals surface area contributed by atoms with E-state index in [2.05, 4.69) is 24.3 Å². The van der Waals surface area contributed by atoms with Gasteiger partial charge in [0.15, 0.2) is 0 Å². The van der Waals surface area contributed by atoms with Gasteiger partial charge in [0.1, 0.15) is 18.3 Å². The summed E-state index contributed by atoms with van der Waals surface area (Å²) < 4.78 is 16.3. The van der Waals surface area contributed by atoms with Crippen molar-refractivity contribution in [3.8, 4) is 0 Å². The Labute approximate surface area is 142 Å². The molecule has 1 fully saturated rings. The van der Waals surface area contributed by atoms with E-state index in [1.165, 1.54) is 6.92 Å². The Morgan fingerprint density at radius 1 is 1.52 bits per heavy atom. The van der Waals surface area contributed by atoms with Crippen LogP contribution < -0.4 is 11.1 Å². The average Bonchev–Trinajstić information content (AvgIpc) is 2.46. The van der Waals surface area contributed by atoms with Gasteiger partial charge in [0, 0.05) is 25.9 Å². The Morgan fingerprint density at radius 3 is 2.65 bits per heavy atom. The van der Waals surface area contributed by atoms with Crippen LogP contribution in [-0.2, 0) is 18.6 Å². The van der Waals surface area contributed by atoms with Gasteiger partial charge in [-0.2, -0.15) is 0 Å². The predicted molar refractivity (Wildman–Crippen MR) is 94.6 cm³/mol. The summed E-state index contributed by atoms with van der Waals surface area (Å²) in [7, 11) is 4.27. The van der Waals surface area contributed by atoms with Crippen LogP contribution in [0.4, 0.5) is 0 Å². The van der Waals surface area contributed by atoms with Gasteiger partial charge in [0.05, 0.1) is 18.2 Å². The molecule has 136 valence electrons. The summed E-state index contributed by atoms with van der Waals surface area (Å²) in [5, 5.41) is 13.6. The molecular formula is C14H30N2O5P2. The highest BCUT2D eigenvalue weighted by atomic mass is 31.0. The van der Waals surface area contributed by atoms with E-state index in [4.69, 9.17) is 19.5 Å². The fourth-order valence-electron chi connectivity index (χ4n) is 3.25. The first-order chi connectivity index (χ1) is 10.8. The van der Waals surface area contributed by atoms with Gasteiger partial charge in [0.2, 0.25) is 5.91 Å². The van der Waals surface area contributed by atoms with Gasteiger partial charge in [0.25, 0.3) is 0 Å². The first-order valence-corrected chi connectivity index (χ1v) is 8.70. The number of ether oxygens (including phenoxy) is 1. The van der Waals surface area contributed by atoms with E-state index in [1.54, 1.807) is 0 Å². The SMILES string of the molecule is CC(=O)N[C@@H]1[C@@H](CCN)CC(C)(C)O[C@H]1[C@H](O)[C@@H](COP)OP. The molecule has 0 aromatic carbocycles. The lowest BCUT2D eigenvalue weighted by Crippen LogP contribution is -2.62. The van der Waals surface area contributed by atoms with E-state index < -0.39 is 23.9 Å². The molecule has 1 rings (SSSR count). The summed E-state index contributed by atoms with van der Waals surface area (Å²) >= 11 is 0. The number of hydrogen-bond acceptors (Lipinski definition) is 6. The van der Waals surface area contributed by atoms with Crippen LogP contribution >= 0.6 is 18.9 Å². The maximum absolute atomic E-state index is 11.6.